The Hall–Kier alpha value is -2.91. The Bertz CT molecular complexity index is 945. The van der Waals surface area contributed by atoms with E-state index in [0.29, 0.717) is 27.5 Å². The Balaban J connectivity index is 1.50. The molecule has 0 bridgehead atoms. The van der Waals surface area contributed by atoms with Crippen molar-refractivity contribution in [1.29, 1.82) is 0 Å². The summed E-state index contributed by atoms with van der Waals surface area (Å²) >= 11 is 7.10. The molecule has 0 atom stereocenters. The number of rotatable bonds is 7. The van der Waals surface area contributed by atoms with E-state index in [1.807, 2.05) is 25.1 Å². The van der Waals surface area contributed by atoms with Crippen molar-refractivity contribution in [3.63, 3.8) is 0 Å². The summed E-state index contributed by atoms with van der Waals surface area (Å²) in [5.74, 6) is 0.369. The third-order valence-electron chi connectivity index (χ3n) is 3.27. The predicted octanol–water partition coefficient (Wildman–Crippen LogP) is 3.42. The predicted molar refractivity (Wildman–Crippen MR) is 107 cm³/mol. The summed E-state index contributed by atoms with van der Waals surface area (Å²) in [4.78, 5) is 20.4. The zero-order valence-corrected chi connectivity index (χ0v) is 15.9. The lowest BCUT2D eigenvalue weighted by Crippen LogP contribution is -2.14. The lowest BCUT2D eigenvalue weighted by molar-refractivity contribution is -0.113. The second kappa shape index (κ2) is 9.15. The molecule has 0 spiro atoms. The first-order valence-corrected chi connectivity index (χ1v) is 9.29. The number of aromatic nitrogens is 4. The van der Waals surface area contributed by atoms with Crippen molar-refractivity contribution in [1.82, 2.24) is 20.2 Å². The van der Waals surface area contributed by atoms with Gasteiger partial charge in [0.05, 0.1) is 17.2 Å². The molecule has 138 valence electrons. The molecule has 0 aliphatic heterocycles. The summed E-state index contributed by atoms with van der Waals surface area (Å²) in [5.41, 5.74) is 4.90. The largest absolute Gasteiger partial charge is 0.325 e. The molecule has 8 nitrogen and oxygen atoms in total. The number of carbonyl (C=O) groups is 1. The molecule has 0 saturated heterocycles. The van der Waals surface area contributed by atoms with E-state index in [9.17, 15) is 4.79 Å². The fourth-order valence-corrected chi connectivity index (χ4v) is 2.81. The lowest BCUT2D eigenvalue weighted by atomic mass is 10.3. The van der Waals surface area contributed by atoms with E-state index in [-0.39, 0.29) is 11.7 Å². The van der Waals surface area contributed by atoms with E-state index in [1.54, 1.807) is 30.5 Å². The monoisotopic (exact) mass is 401 g/mol. The highest BCUT2D eigenvalue weighted by molar-refractivity contribution is 7.99. The number of pyridine rings is 1. The topological polar surface area (TPSA) is 108 Å². The van der Waals surface area contributed by atoms with Crippen LogP contribution in [-0.2, 0) is 4.79 Å². The van der Waals surface area contributed by atoms with Crippen LogP contribution in [0.25, 0.3) is 0 Å². The number of thioether (sulfide) groups is 1. The molecule has 0 aliphatic rings. The van der Waals surface area contributed by atoms with Crippen LogP contribution >= 0.6 is 23.4 Å². The Kier molecular flexibility index (Phi) is 6.39. The van der Waals surface area contributed by atoms with E-state index in [2.05, 4.69) is 36.0 Å². The van der Waals surface area contributed by atoms with Gasteiger partial charge in [-0.15, -0.1) is 5.10 Å². The van der Waals surface area contributed by atoms with Crippen LogP contribution in [0.2, 0.25) is 5.02 Å². The summed E-state index contributed by atoms with van der Waals surface area (Å²) in [6.45, 7) is 1.83. The molecule has 10 heteroatoms. The highest BCUT2D eigenvalue weighted by Gasteiger charge is 2.08. The SMILES string of the molecule is C/C(=N\Nc1nc(SCC(=O)Nc2cccc(Cl)c2)n[nH]1)c1ccccn1. The molecule has 2 heterocycles. The van der Waals surface area contributed by atoms with Gasteiger partial charge in [0.15, 0.2) is 0 Å². The van der Waals surface area contributed by atoms with Gasteiger partial charge in [-0.25, -0.2) is 10.5 Å². The van der Waals surface area contributed by atoms with Crippen molar-refractivity contribution < 1.29 is 4.79 Å². The molecular weight excluding hydrogens is 386 g/mol. The second-order valence-electron chi connectivity index (χ2n) is 5.34. The first-order chi connectivity index (χ1) is 13.1. The van der Waals surface area contributed by atoms with Gasteiger partial charge in [-0.2, -0.15) is 10.1 Å². The average molecular weight is 402 g/mol. The minimum absolute atomic E-state index is 0.167. The lowest BCUT2D eigenvalue weighted by Gasteiger charge is -2.04. The Morgan fingerprint density at radius 2 is 2.19 bits per heavy atom. The summed E-state index contributed by atoms with van der Waals surface area (Å²) in [6.07, 6.45) is 1.70. The molecule has 0 unspecified atom stereocenters. The van der Waals surface area contributed by atoms with E-state index < -0.39 is 0 Å². The molecule has 1 amide bonds. The molecular formula is C17H16ClN7OS. The van der Waals surface area contributed by atoms with Crippen LogP contribution < -0.4 is 10.7 Å². The van der Waals surface area contributed by atoms with E-state index in [1.165, 1.54) is 11.8 Å². The van der Waals surface area contributed by atoms with Gasteiger partial charge in [-0.3, -0.25) is 9.78 Å². The van der Waals surface area contributed by atoms with Crippen LogP contribution in [0.3, 0.4) is 0 Å². The second-order valence-corrected chi connectivity index (χ2v) is 6.72. The summed E-state index contributed by atoms with van der Waals surface area (Å²) in [5, 5.41) is 14.7. The van der Waals surface area contributed by atoms with Crippen LogP contribution in [-0.4, -0.2) is 37.5 Å². The van der Waals surface area contributed by atoms with Crippen molar-refractivity contribution in [2.75, 3.05) is 16.5 Å². The van der Waals surface area contributed by atoms with Gasteiger partial charge in [0, 0.05) is 16.9 Å². The maximum Gasteiger partial charge on any atom is 0.240 e. The van der Waals surface area contributed by atoms with Gasteiger partial charge >= 0.3 is 0 Å². The molecule has 3 N–H and O–H groups in total. The van der Waals surface area contributed by atoms with E-state index in [4.69, 9.17) is 11.6 Å². The number of aromatic amines is 1. The highest BCUT2D eigenvalue weighted by Crippen LogP contribution is 2.17. The van der Waals surface area contributed by atoms with Crippen LogP contribution in [0.4, 0.5) is 11.6 Å². The molecule has 0 radical (unpaired) electrons. The summed E-state index contributed by atoms with van der Waals surface area (Å²) in [7, 11) is 0. The quantitative estimate of drug-likeness (QED) is 0.318. The number of anilines is 2. The maximum absolute atomic E-state index is 12.0. The number of benzene rings is 1. The van der Waals surface area contributed by atoms with Gasteiger partial charge in [0.25, 0.3) is 0 Å². The maximum atomic E-state index is 12.0. The number of hydrogen-bond acceptors (Lipinski definition) is 7. The molecule has 0 saturated carbocycles. The molecule has 1 aromatic carbocycles. The number of halogens is 1. The molecule has 2 aromatic heterocycles. The van der Waals surface area contributed by atoms with Crippen molar-refractivity contribution >= 4 is 46.6 Å². The van der Waals surface area contributed by atoms with Gasteiger partial charge < -0.3 is 5.32 Å². The molecule has 3 rings (SSSR count). The third kappa shape index (κ3) is 5.80. The number of hydrazone groups is 1. The first-order valence-electron chi connectivity index (χ1n) is 7.92. The zero-order valence-electron chi connectivity index (χ0n) is 14.3. The Morgan fingerprint density at radius 3 is 2.96 bits per heavy atom. The van der Waals surface area contributed by atoms with E-state index >= 15 is 0 Å². The van der Waals surface area contributed by atoms with Crippen LogP contribution in [0.1, 0.15) is 12.6 Å². The average Bonchev–Trinajstić information content (AvgIpc) is 3.13. The number of hydrogen-bond donors (Lipinski definition) is 3. The van der Waals surface area contributed by atoms with Gasteiger partial charge in [-0.1, -0.05) is 35.5 Å². The summed E-state index contributed by atoms with van der Waals surface area (Å²) in [6, 6.07) is 12.6. The minimum Gasteiger partial charge on any atom is -0.325 e. The normalized spacial score (nSPS) is 11.3. The number of amides is 1. The van der Waals surface area contributed by atoms with Crippen molar-refractivity contribution in [2.45, 2.75) is 12.1 Å². The number of nitrogens with zero attached hydrogens (tertiary/aromatic N) is 4. The fourth-order valence-electron chi connectivity index (χ4n) is 2.03. The van der Waals surface area contributed by atoms with Crippen LogP contribution in [0.15, 0.2) is 58.9 Å². The van der Waals surface area contributed by atoms with Crippen LogP contribution in [0, 0.1) is 0 Å². The molecule has 0 fully saturated rings. The number of H-pyrrole nitrogens is 1. The van der Waals surface area contributed by atoms with Crippen molar-refractivity contribution in [3.8, 4) is 0 Å². The highest BCUT2D eigenvalue weighted by atomic mass is 35.5. The number of carbonyl (C=O) groups excluding carboxylic acids is 1. The van der Waals surface area contributed by atoms with Crippen LogP contribution in [0.5, 0.6) is 0 Å². The molecule has 0 aliphatic carbocycles. The van der Waals surface area contributed by atoms with Crippen molar-refractivity contribution in [3.05, 3.63) is 59.4 Å². The zero-order chi connectivity index (χ0) is 19.1. The summed E-state index contributed by atoms with van der Waals surface area (Å²) < 4.78 is 0. The number of nitrogens with one attached hydrogen (secondary N) is 3. The third-order valence-corrected chi connectivity index (χ3v) is 4.35. The van der Waals surface area contributed by atoms with Gasteiger partial charge in [0.2, 0.25) is 17.0 Å². The smallest absolute Gasteiger partial charge is 0.240 e. The van der Waals surface area contributed by atoms with Crippen molar-refractivity contribution in [2.24, 2.45) is 5.10 Å². The Labute approximate surface area is 164 Å². The minimum atomic E-state index is -0.175. The first kappa shape index (κ1) is 18.9. The van der Waals surface area contributed by atoms with E-state index in [0.717, 1.165) is 5.69 Å². The molecule has 27 heavy (non-hydrogen) atoms. The molecule has 3 aromatic rings. The Morgan fingerprint density at radius 1 is 1.30 bits per heavy atom. The standard InChI is InChI=1S/C17H16ClN7OS/c1-11(14-7-2-3-8-19-14)22-23-16-21-17(25-24-16)27-10-15(26)20-13-6-4-5-12(18)9-13/h2-9H,10H2,1H3,(H,20,26)(H2,21,23,24,25)/b22-11+. The van der Waals surface area contributed by atoms with Gasteiger partial charge in [0.1, 0.15) is 0 Å². The van der Waals surface area contributed by atoms with Gasteiger partial charge in [-0.05, 0) is 37.3 Å². The fraction of sp³-hybridized carbons (Fsp3) is 0.118.